The molecule has 2 aliphatic rings. The van der Waals surface area contributed by atoms with Gasteiger partial charge in [-0.2, -0.15) is 0 Å². The van der Waals surface area contributed by atoms with Crippen LogP contribution in [-0.2, 0) is 12.4 Å². The molecule has 1 aliphatic carbocycles. The van der Waals surface area contributed by atoms with Gasteiger partial charge in [0.2, 0.25) is 0 Å². The predicted octanol–water partition coefficient (Wildman–Crippen LogP) is 0.585. The van der Waals surface area contributed by atoms with E-state index in [1.54, 1.807) is 18.2 Å². The first-order valence-electron chi connectivity index (χ1n) is 9.00. The Kier molecular flexibility index (Phi) is 8.06. The van der Waals surface area contributed by atoms with Crippen molar-refractivity contribution in [1.82, 2.24) is 10.6 Å². The molecular formula is C18H26AsFN4O5. The number of rotatable bonds is 4. The number of anilines is 2. The standard InChI is InChI=1S/C10H14FN3.C8H12AsNO5/c11-8-1-2-10(9(12)7-8)14-5-3-13-4-6-14;1-7(11)10-8(9(12,13)15-14)5-3-2-4-6-8/h1-2,7,13H,3-6,12H2;2-5,14H,6H2,1H3,(H,10,11)(H,12,13). The number of hydrogen-bond acceptors (Lipinski definition) is 7. The Balaban J connectivity index is 0.000000207. The molecule has 1 saturated heterocycles. The summed E-state index contributed by atoms with van der Waals surface area (Å²) in [5.41, 5.74) is 7.21. The van der Waals surface area contributed by atoms with Crippen molar-refractivity contribution in [2.75, 3.05) is 36.8 Å². The summed E-state index contributed by atoms with van der Waals surface area (Å²) in [6, 6.07) is 4.57. The molecule has 9 nitrogen and oxygen atoms in total. The number of nitrogens with zero attached hydrogens (tertiary/aromatic N) is 1. The fourth-order valence-corrected chi connectivity index (χ4v) is 5.29. The van der Waals surface area contributed by atoms with Gasteiger partial charge in [-0.3, -0.25) is 0 Å². The molecule has 1 fully saturated rings. The Morgan fingerprint density at radius 2 is 2.07 bits per heavy atom. The molecule has 0 bridgehead atoms. The molecule has 1 heterocycles. The number of carbonyl (C=O) groups is 1. The minimum Gasteiger partial charge on any atom is -0.397 e. The molecule has 1 aromatic carbocycles. The van der Waals surface area contributed by atoms with Crippen LogP contribution in [0.15, 0.2) is 42.5 Å². The van der Waals surface area contributed by atoms with E-state index in [4.69, 9.17) is 11.0 Å². The first-order chi connectivity index (χ1) is 13.7. The Hall–Kier alpha value is -2.10. The van der Waals surface area contributed by atoms with Crippen molar-refractivity contribution in [2.45, 2.75) is 17.7 Å². The van der Waals surface area contributed by atoms with Crippen LogP contribution in [0.5, 0.6) is 0 Å². The molecular weight excluding hydrogens is 446 g/mol. The molecule has 2 unspecified atom stereocenters. The molecule has 3 rings (SSSR count). The van der Waals surface area contributed by atoms with Crippen LogP contribution < -0.4 is 21.3 Å². The Morgan fingerprint density at radius 3 is 2.59 bits per heavy atom. The number of halogens is 1. The van der Waals surface area contributed by atoms with Crippen molar-refractivity contribution in [3.8, 4) is 0 Å². The van der Waals surface area contributed by atoms with Crippen molar-refractivity contribution >= 4 is 31.5 Å². The van der Waals surface area contributed by atoms with E-state index in [2.05, 4.69) is 19.4 Å². The van der Waals surface area contributed by atoms with Gasteiger partial charge < -0.3 is 16.0 Å². The van der Waals surface area contributed by atoms with E-state index in [1.807, 2.05) is 0 Å². The first-order valence-corrected chi connectivity index (χ1v) is 12.3. The second-order valence-corrected chi connectivity index (χ2v) is 10.8. The molecule has 160 valence electrons. The summed E-state index contributed by atoms with van der Waals surface area (Å²) in [6.07, 6.45) is 6.26. The molecule has 6 N–H and O–H groups in total. The average molecular weight is 472 g/mol. The van der Waals surface area contributed by atoms with Crippen molar-refractivity contribution in [1.29, 1.82) is 0 Å². The third-order valence-electron chi connectivity index (χ3n) is 4.50. The number of carbonyl (C=O) groups excluding carboxylic acids is 1. The number of nitrogen functional groups attached to an aromatic ring is 1. The van der Waals surface area contributed by atoms with Crippen LogP contribution in [0.2, 0.25) is 0 Å². The molecule has 11 heteroatoms. The van der Waals surface area contributed by atoms with Gasteiger partial charge in [0.1, 0.15) is 5.82 Å². The van der Waals surface area contributed by atoms with Gasteiger partial charge in [0, 0.05) is 26.2 Å². The third-order valence-corrected chi connectivity index (χ3v) is 8.01. The summed E-state index contributed by atoms with van der Waals surface area (Å²) in [5, 5.41) is 14.0. The Labute approximate surface area is 171 Å². The van der Waals surface area contributed by atoms with Crippen LogP contribution >= 0.6 is 0 Å². The van der Waals surface area contributed by atoms with Crippen molar-refractivity contribution in [2.24, 2.45) is 0 Å². The van der Waals surface area contributed by atoms with Gasteiger partial charge in [0.15, 0.2) is 0 Å². The maximum absolute atomic E-state index is 12.8. The summed E-state index contributed by atoms with van der Waals surface area (Å²) in [6.45, 7) is 4.99. The average Bonchev–Trinajstić information content (AvgIpc) is 2.69. The van der Waals surface area contributed by atoms with Crippen molar-refractivity contribution < 1.29 is 26.2 Å². The topological polar surface area (TPSA) is 137 Å². The van der Waals surface area contributed by atoms with Gasteiger partial charge >= 0.3 is 89.1 Å². The van der Waals surface area contributed by atoms with Crippen molar-refractivity contribution in [3.63, 3.8) is 0 Å². The molecule has 0 saturated carbocycles. The van der Waals surface area contributed by atoms with Crippen LogP contribution in [0.25, 0.3) is 0 Å². The van der Waals surface area contributed by atoms with E-state index in [-0.39, 0.29) is 12.2 Å². The van der Waals surface area contributed by atoms with Crippen LogP contribution in [0.3, 0.4) is 0 Å². The molecule has 0 radical (unpaired) electrons. The zero-order valence-corrected chi connectivity index (χ0v) is 17.9. The summed E-state index contributed by atoms with van der Waals surface area (Å²) in [5.74, 6) is -0.746. The van der Waals surface area contributed by atoms with Crippen LogP contribution in [0.1, 0.15) is 13.3 Å². The zero-order chi connectivity index (χ0) is 21.5. The number of amides is 1. The predicted molar refractivity (Wildman–Crippen MR) is 108 cm³/mol. The van der Waals surface area contributed by atoms with E-state index in [0.29, 0.717) is 5.69 Å². The maximum Gasteiger partial charge on any atom is 0.125 e. The van der Waals surface area contributed by atoms with Gasteiger partial charge in [-0.1, -0.05) is 0 Å². The molecule has 0 spiro atoms. The first kappa shape index (κ1) is 23.2. The molecule has 2 atom stereocenters. The smallest absolute Gasteiger partial charge is 0.125 e. The number of allylic oxidation sites excluding steroid dienone is 2. The summed E-state index contributed by atoms with van der Waals surface area (Å²) < 4.78 is 36.1. The number of benzene rings is 1. The number of nitrogens with two attached hydrogens (primary N) is 1. The van der Waals surface area contributed by atoms with E-state index in [1.165, 1.54) is 31.2 Å². The van der Waals surface area contributed by atoms with Gasteiger partial charge in [0.25, 0.3) is 0 Å². The summed E-state index contributed by atoms with van der Waals surface area (Å²) in [4.78, 5) is 13.1. The Morgan fingerprint density at radius 1 is 1.38 bits per heavy atom. The third kappa shape index (κ3) is 5.94. The van der Waals surface area contributed by atoms with Crippen LogP contribution in [-0.4, -0.2) is 59.9 Å². The molecule has 29 heavy (non-hydrogen) atoms. The number of nitrogens with one attached hydrogen (secondary N) is 2. The SMILES string of the molecule is CC(=O)NC1([As](=O)(O)OO)C=CC=CC1.Nc1cc(F)ccc1N1CCNCC1. The maximum atomic E-state index is 12.8. The fraction of sp³-hybridized carbons (Fsp3) is 0.389. The monoisotopic (exact) mass is 472 g/mol. The van der Waals surface area contributed by atoms with Crippen molar-refractivity contribution in [3.05, 3.63) is 48.3 Å². The minimum absolute atomic E-state index is 0.108. The number of hydrogen-bond donors (Lipinski definition) is 5. The van der Waals surface area contributed by atoms with Gasteiger partial charge in [-0.25, -0.2) is 4.39 Å². The van der Waals surface area contributed by atoms with Gasteiger partial charge in [-0.05, 0) is 18.2 Å². The summed E-state index contributed by atoms with van der Waals surface area (Å²) >= 11 is -5.02. The molecule has 1 aromatic rings. The van der Waals surface area contributed by atoms with E-state index in [0.717, 1.165) is 31.9 Å². The number of piperazine rings is 1. The van der Waals surface area contributed by atoms with E-state index < -0.39 is 24.4 Å². The Bertz CT molecular complexity index is 828. The zero-order valence-electron chi connectivity index (χ0n) is 16.0. The second kappa shape index (κ2) is 10.1. The normalized spacial score (nSPS) is 23.0. The van der Waals surface area contributed by atoms with Gasteiger partial charge in [-0.15, -0.1) is 0 Å². The van der Waals surface area contributed by atoms with Crippen LogP contribution in [0.4, 0.5) is 15.8 Å². The quantitative estimate of drug-likeness (QED) is 0.186. The fourth-order valence-electron chi connectivity index (χ4n) is 3.08. The largest absolute Gasteiger partial charge is 0.397 e. The molecule has 1 amide bonds. The molecule has 0 aromatic heterocycles. The van der Waals surface area contributed by atoms with Gasteiger partial charge in [0.05, 0.1) is 11.4 Å². The molecule has 1 aliphatic heterocycles. The van der Waals surface area contributed by atoms with E-state index in [9.17, 15) is 17.0 Å². The summed E-state index contributed by atoms with van der Waals surface area (Å²) in [7, 11) is 0. The minimum atomic E-state index is -5.02. The second-order valence-electron chi connectivity index (χ2n) is 6.64. The van der Waals surface area contributed by atoms with Crippen LogP contribution in [0, 0.1) is 5.82 Å². The van der Waals surface area contributed by atoms with E-state index >= 15 is 0 Å².